The summed E-state index contributed by atoms with van der Waals surface area (Å²) in [5, 5.41) is 2.50. The van der Waals surface area contributed by atoms with Gasteiger partial charge in [-0.15, -0.1) is 0 Å². The van der Waals surface area contributed by atoms with Gasteiger partial charge in [-0.3, -0.25) is 4.79 Å². The number of carbonyl (C=O) groups is 2. The molecule has 28 heavy (non-hydrogen) atoms. The van der Waals surface area contributed by atoms with Crippen LogP contribution in [0.25, 0.3) is 0 Å². The molecule has 0 heterocycles. The highest BCUT2D eigenvalue weighted by molar-refractivity contribution is 5.91. The van der Waals surface area contributed by atoms with Gasteiger partial charge >= 0.3 is 5.97 Å². The summed E-state index contributed by atoms with van der Waals surface area (Å²) < 4.78 is 37.2. The molecule has 2 aromatic rings. The zero-order valence-electron chi connectivity index (χ0n) is 16.0. The van der Waals surface area contributed by atoms with Crippen LogP contribution < -0.4 is 10.1 Å². The molecular weight excluding hydrogens is 368 g/mol. The zero-order valence-corrected chi connectivity index (χ0v) is 16.0. The molecule has 0 aliphatic carbocycles. The van der Waals surface area contributed by atoms with Crippen molar-refractivity contribution in [3.8, 4) is 5.75 Å². The van der Waals surface area contributed by atoms with Gasteiger partial charge in [-0.25, -0.2) is 13.6 Å². The van der Waals surface area contributed by atoms with E-state index in [-0.39, 0.29) is 11.1 Å². The molecule has 2 rings (SSSR count). The van der Waals surface area contributed by atoms with Gasteiger partial charge in [-0.05, 0) is 43.2 Å². The first-order chi connectivity index (χ1) is 13.3. The molecule has 0 spiro atoms. The number of benzene rings is 2. The molecule has 0 aliphatic heterocycles. The lowest BCUT2D eigenvalue weighted by Gasteiger charge is -2.15. The summed E-state index contributed by atoms with van der Waals surface area (Å²) in [5.74, 6) is -1.70. The Morgan fingerprint density at radius 3 is 2.32 bits per heavy atom. The van der Waals surface area contributed by atoms with E-state index in [0.29, 0.717) is 18.3 Å². The average molecular weight is 391 g/mol. The van der Waals surface area contributed by atoms with Crippen molar-refractivity contribution in [3.63, 3.8) is 0 Å². The van der Waals surface area contributed by atoms with Crippen LogP contribution in [0.1, 0.15) is 42.7 Å². The first-order valence-electron chi connectivity index (χ1n) is 8.90. The Bertz CT molecular complexity index is 822. The van der Waals surface area contributed by atoms with Crippen LogP contribution in [0.5, 0.6) is 5.75 Å². The van der Waals surface area contributed by atoms with Crippen molar-refractivity contribution in [2.24, 2.45) is 5.92 Å². The summed E-state index contributed by atoms with van der Waals surface area (Å²) in [5.41, 5.74) is 0.417. The highest BCUT2D eigenvalue weighted by atomic mass is 19.1. The molecule has 0 saturated heterocycles. The van der Waals surface area contributed by atoms with E-state index in [0.717, 1.165) is 12.1 Å². The Kier molecular flexibility index (Phi) is 7.49. The molecule has 2 aromatic carbocycles. The van der Waals surface area contributed by atoms with Gasteiger partial charge in [-0.2, -0.15) is 0 Å². The fourth-order valence-corrected chi connectivity index (χ4v) is 2.38. The van der Waals surface area contributed by atoms with Gasteiger partial charge in [-0.1, -0.05) is 19.9 Å². The standard InChI is InChI=1S/C21H23F2NO4/c1-13(2)11-27-17-7-4-15(5-8-17)21(26)28-12-20(25)24-14(3)18-9-6-16(22)10-19(18)23/h4-10,13-14H,11-12H2,1-3H3,(H,24,25)/t14-/m0/s1. The summed E-state index contributed by atoms with van der Waals surface area (Å²) in [6, 6.07) is 8.80. The summed E-state index contributed by atoms with van der Waals surface area (Å²) in [7, 11) is 0. The molecule has 0 bridgehead atoms. The van der Waals surface area contributed by atoms with Crippen molar-refractivity contribution < 1.29 is 27.8 Å². The maximum absolute atomic E-state index is 13.7. The van der Waals surface area contributed by atoms with E-state index >= 15 is 0 Å². The van der Waals surface area contributed by atoms with Crippen LogP contribution in [-0.4, -0.2) is 25.1 Å². The first kappa shape index (κ1) is 21.3. The lowest BCUT2D eigenvalue weighted by molar-refractivity contribution is -0.124. The van der Waals surface area contributed by atoms with E-state index in [9.17, 15) is 18.4 Å². The Labute approximate surface area is 162 Å². The van der Waals surface area contributed by atoms with Crippen LogP contribution in [0.4, 0.5) is 8.78 Å². The third-order valence-corrected chi connectivity index (χ3v) is 3.81. The molecule has 150 valence electrons. The van der Waals surface area contributed by atoms with Gasteiger partial charge < -0.3 is 14.8 Å². The van der Waals surface area contributed by atoms with Crippen LogP contribution in [0.2, 0.25) is 0 Å². The molecule has 0 fully saturated rings. The SMILES string of the molecule is CC(C)COc1ccc(C(=O)OCC(=O)N[C@@H](C)c2ccc(F)cc2F)cc1. The van der Waals surface area contributed by atoms with Gasteiger partial charge in [0.05, 0.1) is 18.2 Å². The lowest BCUT2D eigenvalue weighted by Crippen LogP contribution is -2.31. The average Bonchev–Trinajstić information content (AvgIpc) is 2.64. The van der Waals surface area contributed by atoms with Crippen molar-refractivity contribution in [2.75, 3.05) is 13.2 Å². The molecule has 0 saturated carbocycles. The quantitative estimate of drug-likeness (QED) is 0.690. The molecule has 0 unspecified atom stereocenters. The Morgan fingerprint density at radius 2 is 1.71 bits per heavy atom. The van der Waals surface area contributed by atoms with Crippen LogP contribution in [0.3, 0.4) is 0 Å². The van der Waals surface area contributed by atoms with E-state index in [2.05, 4.69) is 5.32 Å². The van der Waals surface area contributed by atoms with Crippen molar-refractivity contribution in [1.82, 2.24) is 5.32 Å². The second-order valence-corrected chi connectivity index (χ2v) is 6.76. The Balaban J connectivity index is 1.83. The fourth-order valence-electron chi connectivity index (χ4n) is 2.38. The minimum atomic E-state index is -0.760. The highest BCUT2D eigenvalue weighted by Gasteiger charge is 2.16. The monoisotopic (exact) mass is 391 g/mol. The Morgan fingerprint density at radius 1 is 1.04 bits per heavy atom. The predicted molar refractivity (Wildman–Crippen MR) is 100.0 cm³/mol. The van der Waals surface area contributed by atoms with Gasteiger partial charge in [0.1, 0.15) is 17.4 Å². The van der Waals surface area contributed by atoms with Crippen LogP contribution in [0.15, 0.2) is 42.5 Å². The maximum Gasteiger partial charge on any atom is 0.338 e. The third-order valence-electron chi connectivity index (χ3n) is 3.81. The number of hydrogen-bond donors (Lipinski definition) is 1. The molecular formula is C21H23F2NO4. The number of rotatable bonds is 8. The molecule has 5 nitrogen and oxygen atoms in total. The van der Waals surface area contributed by atoms with Crippen molar-refractivity contribution in [1.29, 1.82) is 0 Å². The Hall–Kier alpha value is -2.96. The largest absolute Gasteiger partial charge is 0.493 e. The van der Waals surface area contributed by atoms with Crippen molar-refractivity contribution >= 4 is 11.9 Å². The number of amides is 1. The van der Waals surface area contributed by atoms with Crippen molar-refractivity contribution in [2.45, 2.75) is 26.8 Å². The number of esters is 1. The van der Waals surface area contributed by atoms with Gasteiger partial charge in [0.25, 0.3) is 5.91 Å². The first-order valence-corrected chi connectivity index (χ1v) is 8.90. The number of ether oxygens (including phenoxy) is 2. The van der Waals surface area contributed by atoms with E-state index in [1.54, 1.807) is 31.2 Å². The predicted octanol–water partition coefficient (Wildman–Crippen LogP) is 4.03. The number of nitrogens with one attached hydrogen (secondary N) is 1. The third kappa shape index (κ3) is 6.33. The number of halogens is 2. The smallest absolute Gasteiger partial charge is 0.338 e. The fraction of sp³-hybridized carbons (Fsp3) is 0.333. The van der Waals surface area contributed by atoms with Crippen LogP contribution in [-0.2, 0) is 9.53 Å². The molecule has 0 aliphatic rings. The van der Waals surface area contributed by atoms with E-state index in [1.165, 1.54) is 6.07 Å². The molecule has 1 N–H and O–H groups in total. The van der Waals surface area contributed by atoms with E-state index < -0.39 is 36.2 Å². The minimum Gasteiger partial charge on any atom is -0.493 e. The van der Waals surface area contributed by atoms with Crippen LogP contribution >= 0.6 is 0 Å². The number of carbonyl (C=O) groups excluding carboxylic acids is 2. The zero-order chi connectivity index (χ0) is 20.7. The lowest BCUT2D eigenvalue weighted by atomic mass is 10.1. The second kappa shape index (κ2) is 9.82. The van der Waals surface area contributed by atoms with E-state index in [4.69, 9.17) is 9.47 Å². The highest BCUT2D eigenvalue weighted by Crippen LogP contribution is 2.18. The summed E-state index contributed by atoms with van der Waals surface area (Å²) >= 11 is 0. The molecule has 1 atom stereocenters. The maximum atomic E-state index is 13.7. The van der Waals surface area contributed by atoms with E-state index in [1.807, 2.05) is 13.8 Å². The molecule has 7 heteroatoms. The molecule has 0 radical (unpaired) electrons. The normalized spacial score (nSPS) is 11.8. The summed E-state index contributed by atoms with van der Waals surface area (Å²) in [4.78, 5) is 24.0. The number of hydrogen-bond acceptors (Lipinski definition) is 4. The van der Waals surface area contributed by atoms with Gasteiger partial charge in [0.2, 0.25) is 0 Å². The summed E-state index contributed by atoms with van der Waals surface area (Å²) in [6.45, 7) is 5.66. The summed E-state index contributed by atoms with van der Waals surface area (Å²) in [6.07, 6.45) is 0. The molecule has 0 aromatic heterocycles. The van der Waals surface area contributed by atoms with Gasteiger partial charge in [0.15, 0.2) is 6.61 Å². The minimum absolute atomic E-state index is 0.137. The van der Waals surface area contributed by atoms with Gasteiger partial charge in [0, 0.05) is 11.6 Å². The van der Waals surface area contributed by atoms with Crippen LogP contribution in [0, 0.1) is 17.6 Å². The topological polar surface area (TPSA) is 64.6 Å². The second-order valence-electron chi connectivity index (χ2n) is 6.76. The molecule has 1 amide bonds. The van der Waals surface area contributed by atoms with Crippen molar-refractivity contribution in [3.05, 3.63) is 65.2 Å².